The Morgan fingerprint density at radius 2 is 1.38 bits per heavy atom. The van der Waals surface area contributed by atoms with Crippen LogP contribution in [-0.2, 0) is 25.7 Å². The average molecular weight is 449 g/mol. The van der Waals surface area contributed by atoms with Gasteiger partial charge in [-0.2, -0.15) is 0 Å². The van der Waals surface area contributed by atoms with Crippen LogP contribution in [0.3, 0.4) is 0 Å². The van der Waals surface area contributed by atoms with Gasteiger partial charge in [0.2, 0.25) is 0 Å². The molecular weight excluding hydrogens is 404 g/mol. The number of carbonyl (C=O) groups excluding carboxylic acids is 1. The zero-order chi connectivity index (χ0) is 23.4. The lowest BCUT2D eigenvalue weighted by Gasteiger charge is -2.19. The predicted molar refractivity (Wildman–Crippen MR) is 129 cm³/mol. The van der Waals surface area contributed by atoms with E-state index in [2.05, 4.69) is 6.92 Å². The van der Waals surface area contributed by atoms with E-state index in [4.69, 9.17) is 14.6 Å². The van der Waals surface area contributed by atoms with E-state index in [1.807, 2.05) is 30.3 Å². The number of hydrogen-bond acceptors (Lipinski definition) is 4. The Balaban J connectivity index is 2.33. The highest BCUT2D eigenvalue weighted by Gasteiger charge is 2.13. The minimum atomic E-state index is -0.752. The highest BCUT2D eigenvalue weighted by atomic mass is 16.5. The molecule has 0 fully saturated rings. The predicted octanol–water partition coefficient (Wildman–Crippen LogP) is 7.07. The number of rotatable bonds is 20. The quantitative estimate of drug-likeness (QED) is 0.171. The van der Waals surface area contributed by atoms with E-state index in [9.17, 15) is 9.59 Å². The summed E-state index contributed by atoms with van der Waals surface area (Å²) < 4.78 is 11.6. The fourth-order valence-electron chi connectivity index (χ4n) is 3.97. The lowest BCUT2D eigenvalue weighted by molar-refractivity contribution is -0.147. The monoisotopic (exact) mass is 448 g/mol. The summed E-state index contributed by atoms with van der Waals surface area (Å²) >= 11 is 0. The van der Waals surface area contributed by atoms with Gasteiger partial charge >= 0.3 is 11.9 Å². The third-order valence-corrected chi connectivity index (χ3v) is 5.76. The molecule has 1 rings (SSSR count). The van der Waals surface area contributed by atoms with Crippen LogP contribution in [0.1, 0.15) is 109 Å². The summed E-state index contributed by atoms with van der Waals surface area (Å²) in [7, 11) is 0. The van der Waals surface area contributed by atoms with E-state index >= 15 is 0 Å². The number of benzene rings is 1. The SMILES string of the molecule is CCCCCCCC(CCCCCC(CCCC(=O)O)OCc1ccccc1)OC(C)=O. The first-order valence-corrected chi connectivity index (χ1v) is 12.6. The van der Waals surface area contributed by atoms with Gasteiger partial charge < -0.3 is 14.6 Å². The molecule has 1 aromatic rings. The summed E-state index contributed by atoms with van der Waals surface area (Å²) in [5.74, 6) is -0.936. The van der Waals surface area contributed by atoms with E-state index in [0.29, 0.717) is 13.0 Å². The highest BCUT2D eigenvalue weighted by molar-refractivity contribution is 5.66. The van der Waals surface area contributed by atoms with E-state index in [0.717, 1.165) is 56.9 Å². The van der Waals surface area contributed by atoms with E-state index in [1.54, 1.807) is 0 Å². The van der Waals surface area contributed by atoms with E-state index in [-0.39, 0.29) is 24.6 Å². The lowest BCUT2D eigenvalue weighted by atomic mass is 10.0. The molecule has 0 aliphatic carbocycles. The molecule has 0 amide bonds. The Morgan fingerprint density at radius 3 is 1.97 bits per heavy atom. The second-order valence-electron chi connectivity index (χ2n) is 8.78. The maximum absolute atomic E-state index is 11.4. The van der Waals surface area contributed by atoms with Crippen molar-refractivity contribution in [2.45, 2.75) is 123 Å². The summed E-state index contributed by atoms with van der Waals surface area (Å²) in [5, 5.41) is 8.92. The number of ether oxygens (including phenoxy) is 2. The Morgan fingerprint density at radius 1 is 0.812 bits per heavy atom. The van der Waals surface area contributed by atoms with Crippen LogP contribution in [0.5, 0.6) is 0 Å². The van der Waals surface area contributed by atoms with E-state index < -0.39 is 5.97 Å². The van der Waals surface area contributed by atoms with Crippen molar-refractivity contribution in [2.75, 3.05) is 0 Å². The van der Waals surface area contributed by atoms with Crippen molar-refractivity contribution in [3.8, 4) is 0 Å². The molecule has 0 aliphatic rings. The van der Waals surface area contributed by atoms with Gasteiger partial charge in [0.05, 0.1) is 12.7 Å². The molecule has 1 N–H and O–H groups in total. The van der Waals surface area contributed by atoms with Crippen LogP contribution in [0.4, 0.5) is 0 Å². The molecule has 32 heavy (non-hydrogen) atoms. The minimum Gasteiger partial charge on any atom is -0.481 e. The fourth-order valence-corrected chi connectivity index (χ4v) is 3.97. The third-order valence-electron chi connectivity index (χ3n) is 5.76. The number of esters is 1. The molecule has 2 atom stereocenters. The van der Waals surface area contributed by atoms with Gasteiger partial charge in [-0.1, -0.05) is 75.8 Å². The summed E-state index contributed by atoms with van der Waals surface area (Å²) in [5.41, 5.74) is 1.14. The van der Waals surface area contributed by atoms with Crippen LogP contribution >= 0.6 is 0 Å². The van der Waals surface area contributed by atoms with Crippen molar-refractivity contribution in [1.29, 1.82) is 0 Å². The number of aliphatic carboxylic acids is 1. The topological polar surface area (TPSA) is 72.8 Å². The Labute approximate surface area is 194 Å². The summed E-state index contributed by atoms with van der Waals surface area (Å²) in [6.45, 7) is 4.27. The molecule has 182 valence electrons. The molecule has 0 heterocycles. The second kappa shape index (κ2) is 18.7. The highest BCUT2D eigenvalue weighted by Crippen LogP contribution is 2.19. The first-order chi connectivity index (χ1) is 15.5. The Bertz CT molecular complexity index is 601. The van der Waals surface area contributed by atoms with Crippen molar-refractivity contribution in [3.63, 3.8) is 0 Å². The van der Waals surface area contributed by atoms with Crippen molar-refractivity contribution >= 4 is 11.9 Å². The normalized spacial score (nSPS) is 12.9. The smallest absolute Gasteiger partial charge is 0.303 e. The molecular formula is C27H44O5. The molecule has 0 aliphatic heterocycles. The summed E-state index contributed by atoms with van der Waals surface area (Å²) in [6.07, 6.45) is 13.8. The molecule has 5 heteroatoms. The molecule has 0 saturated carbocycles. The van der Waals surface area contributed by atoms with E-state index in [1.165, 1.54) is 32.6 Å². The van der Waals surface area contributed by atoms with Gasteiger partial charge in [0.15, 0.2) is 0 Å². The first-order valence-electron chi connectivity index (χ1n) is 12.6. The van der Waals surface area contributed by atoms with Gasteiger partial charge in [0, 0.05) is 13.3 Å². The van der Waals surface area contributed by atoms with Crippen LogP contribution in [-0.4, -0.2) is 29.3 Å². The zero-order valence-electron chi connectivity index (χ0n) is 20.2. The summed E-state index contributed by atoms with van der Waals surface area (Å²) in [6, 6.07) is 10.1. The zero-order valence-corrected chi connectivity index (χ0v) is 20.2. The van der Waals surface area contributed by atoms with Crippen molar-refractivity contribution in [3.05, 3.63) is 35.9 Å². The Hall–Kier alpha value is -1.88. The van der Waals surface area contributed by atoms with Crippen LogP contribution in [0.15, 0.2) is 30.3 Å². The molecule has 0 bridgehead atoms. The fraction of sp³-hybridized carbons (Fsp3) is 0.704. The van der Waals surface area contributed by atoms with Gasteiger partial charge in [0.1, 0.15) is 6.10 Å². The maximum Gasteiger partial charge on any atom is 0.303 e. The molecule has 0 spiro atoms. The number of unbranched alkanes of at least 4 members (excludes halogenated alkanes) is 6. The van der Waals surface area contributed by atoms with Crippen LogP contribution < -0.4 is 0 Å². The van der Waals surface area contributed by atoms with Crippen molar-refractivity contribution < 1.29 is 24.2 Å². The summed E-state index contributed by atoms with van der Waals surface area (Å²) in [4.78, 5) is 22.3. The molecule has 0 aromatic heterocycles. The largest absolute Gasteiger partial charge is 0.481 e. The molecule has 2 unspecified atom stereocenters. The van der Waals surface area contributed by atoms with Gasteiger partial charge in [-0.3, -0.25) is 9.59 Å². The lowest BCUT2D eigenvalue weighted by Crippen LogP contribution is -2.16. The number of carboxylic acid groups (broad SMARTS) is 1. The third kappa shape index (κ3) is 15.9. The minimum absolute atomic E-state index is 0.0369. The van der Waals surface area contributed by atoms with Gasteiger partial charge in [-0.25, -0.2) is 0 Å². The average Bonchev–Trinajstić information content (AvgIpc) is 2.76. The number of carbonyl (C=O) groups is 2. The van der Waals surface area contributed by atoms with Crippen molar-refractivity contribution in [2.24, 2.45) is 0 Å². The molecule has 0 radical (unpaired) electrons. The first kappa shape index (κ1) is 28.2. The second-order valence-corrected chi connectivity index (χ2v) is 8.78. The van der Waals surface area contributed by atoms with Crippen LogP contribution in [0.2, 0.25) is 0 Å². The maximum atomic E-state index is 11.4. The van der Waals surface area contributed by atoms with Gasteiger partial charge in [0.25, 0.3) is 0 Å². The van der Waals surface area contributed by atoms with Crippen LogP contribution in [0.25, 0.3) is 0 Å². The molecule has 1 aromatic carbocycles. The van der Waals surface area contributed by atoms with Crippen LogP contribution in [0, 0.1) is 0 Å². The number of hydrogen-bond donors (Lipinski definition) is 1. The van der Waals surface area contributed by atoms with Gasteiger partial charge in [-0.15, -0.1) is 0 Å². The molecule has 5 nitrogen and oxygen atoms in total. The van der Waals surface area contributed by atoms with Crippen molar-refractivity contribution in [1.82, 2.24) is 0 Å². The Kier molecular flexibility index (Phi) is 16.4. The standard InChI is InChI=1S/C27H44O5/c1-3-4-5-6-11-18-26(32-23(2)28)19-13-8-12-17-25(20-14-21-27(29)30)31-22-24-15-9-7-10-16-24/h7,9-10,15-16,25-26H,3-6,8,11-14,17-22H2,1-2H3,(H,29,30). The van der Waals surface area contributed by atoms with Gasteiger partial charge in [-0.05, 0) is 50.5 Å². The molecule has 0 saturated heterocycles. The number of carboxylic acids is 1.